The Morgan fingerprint density at radius 3 is 2.80 bits per heavy atom. The van der Waals surface area contributed by atoms with Crippen LogP contribution >= 0.6 is 0 Å². The van der Waals surface area contributed by atoms with Crippen LogP contribution in [-0.4, -0.2) is 37.5 Å². The standard InChI is InChI=1S/C9H19N5O/c10-9(11)14-6-2-5-13-8(15)7-3-1-4-12-7/h7,12H,1-6H2,(H,13,15)(H4,10,11,14)/t7-/m0/s1. The van der Waals surface area contributed by atoms with Crippen molar-refractivity contribution in [3.8, 4) is 0 Å². The van der Waals surface area contributed by atoms with Gasteiger partial charge in [0, 0.05) is 13.1 Å². The van der Waals surface area contributed by atoms with Crippen molar-refractivity contribution in [1.29, 1.82) is 5.41 Å². The maximum atomic E-state index is 11.5. The van der Waals surface area contributed by atoms with Gasteiger partial charge in [0.1, 0.15) is 0 Å². The van der Waals surface area contributed by atoms with Crippen LogP contribution in [0.1, 0.15) is 19.3 Å². The van der Waals surface area contributed by atoms with E-state index in [0.29, 0.717) is 13.1 Å². The fourth-order valence-electron chi connectivity index (χ4n) is 1.55. The highest BCUT2D eigenvalue weighted by atomic mass is 16.2. The molecule has 1 heterocycles. The average Bonchev–Trinajstić information content (AvgIpc) is 2.69. The highest BCUT2D eigenvalue weighted by Crippen LogP contribution is 2.04. The van der Waals surface area contributed by atoms with Crippen molar-refractivity contribution in [3.63, 3.8) is 0 Å². The molecular formula is C9H19N5O. The number of amides is 1. The fourth-order valence-corrected chi connectivity index (χ4v) is 1.55. The van der Waals surface area contributed by atoms with Crippen LogP contribution in [0.3, 0.4) is 0 Å². The number of hydrogen-bond donors (Lipinski definition) is 5. The zero-order valence-electron chi connectivity index (χ0n) is 8.81. The van der Waals surface area contributed by atoms with Crippen LogP contribution in [0, 0.1) is 5.41 Å². The normalized spacial score (nSPS) is 19.9. The van der Waals surface area contributed by atoms with E-state index in [1.54, 1.807) is 0 Å². The molecule has 15 heavy (non-hydrogen) atoms. The molecule has 6 heteroatoms. The Morgan fingerprint density at radius 1 is 1.47 bits per heavy atom. The molecule has 0 radical (unpaired) electrons. The lowest BCUT2D eigenvalue weighted by Gasteiger charge is -2.10. The SMILES string of the molecule is N=C(N)NCCCNC(=O)[C@@H]1CCCN1. The molecule has 1 aliphatic rings. The number of nitrogens with two attached hydrogens (primary N) is 1. The van der Waals surface area contributed by atoms with Crippen LogP contribution in [-0.2, 0) is 4.79 Å². The van der Waals surface area contributed by atoms with E-state index in [1.807, 2.05) is 0 Å². The second-order valence-electron chi connectivity index (χ2n) is 3.63. The van der Waals surface area contributed by atoms with Gasteiger partial charge in [0.2, 0.25) is 5.91 Å². The predicted molar refractivity (Wildman–Crippen MR) is 58.6 cm³/mol. The number of carbonyl (C=O) groups excluding carboxylic acids is 1. The number of carbonyl (C=O) groups is 1. The minimum atomic E-state index is -0.0289. The van der Waals surface area contributed by atoms with Gasteiger partial charge in [0.25, 0.3) is 0 Å². The van der Waals surface area contributed by atoms with Crippen LogP contribution in [0.5, 0.6) is 0 Å². The van der Waals surface area contributed by atoms with Gasteiger partial charge in [-0.3, -0.25) is 10.2 Å². The van der Waals surface area contributed by atoms with Gasteiger partial charge in [0.05, 0.1) is 6.04 Å². The average molecular weight is 213 g/mol. The van der Waals surface area contributed by atoms with Crippen LogP contribution in [0.2, 0.25) is 0 Å². The van der Waals surface area contributed by atoms with Gasteiger partial charge in [-0.05, 0) is 25.8 Å². The summed E-state index contributed by atoms with van der Waals surface area (Å²) >= 11 is 0. The van der Waals surface area contributed by atoms with Gasteiger partial charge in [-0.2, -0.15) is 0 Å². The number of rotatable bonds is 5. The molecule has 0 aromatic carbocycles. The lowest BCUT2D eigenvalue weighted by atomic mass is 10.2. The van der Waals surface area contributed by atoms with Crippen molar-refractivity contribution in [2.24, 2.45) is 5.73 Å². The second-order valence-corrected chi connectivity index (χ2v) is 3.63. The topological polar surface area (TPSA) is 103 Å². The molecule has 0 aromatic heterocycles. The summed E-state index contributed by atoms with van der Waals surface area (Å²) in [7, 11) is 0. The molecule has 0 aromatic rings. The third kappa shape index (κ3) is 4.64. The molecule has 0 spiro atoms. The summed E-state index contributed by atoms with van der Waals surface area (Å²) in [5, 5.41) is 15.6. The molecule has 1 aliphatic heterocycles. The Balaban J connectivity index is 1.99. The minimum absolute atomic E-state index is 0.00855. The van der Waals surface area contributed by atoms with Gasteiger partial charge < -0.3 is 21.7 Å². The largest absolute Gasteiger partial charge is 0.370 e. The van der Waals surface area contributed by atoms with Crippen molar-refractivity contribution in [2.45, 2.75) is 25.3 Å². The molecule has 86 valence electrons. The van der Waals surface area contributed by atoms with Crippen molar-refractivity contribution < 1.29 is 4.79 Å². The van der Waals surface area contributed by atoms with Crippen molar-refractivity contribution in [2.75, 3.05) is 19.6 Å². The molecule has 0 aliphatic carbocycles. The summed E-state index contributed by atoms with van der Waals surface area (Å²) in [6, 6.07) is -0.00855. The summed E-state index contributed by atoms with van der Waals surface area (Å²) in [6.45, 7) is 2.18. The van der Waals surface area contributed by atoms with E-state index in [2.05, 4.69) is 16.0 Å². The van der Waals surface area contributed by atoms with Crippen LogP contribution in [0.25, 0.3) is 0 Å². The number of guanidine groups is 1. The first-order valence-corrected chi connectivity index (χ1v) is 5.29. The zero-order chi connectivity index (χ0) is 11.1. The van der Waals surface area contributed by atoms with Gasteiger partial charge in [-0.1, -0.05) is 0 Å². The summed E-state index contributed by atoms with van der Waals surface area (Å²) < 4.78 is 0. The Labute approximate surface area is 89.5 Å². The maximum Gasteiger partial charge on any atom is 0.237 e. The molecule has 1 rings (SSSR count). The highest BCUT2D eigenvalue weighted by Gasteiger charge is 2.20. The van der Waals surface area contributed by atoms with E-state index < -0.39 is 0 Å². The van der Waals surface area contributed by atoms with E-state index in [4.69, 9.17) is 11.1 Å². The quantitative estimate of drug-likeness (QED) is 0.223. The smallest absolute Gasteiger partial charge is 0.237 e. The lowest BCUT2D eigenvalue weighted by molar-refractivity contribution is -0.122. The number of nitrogens with one attached hydrogen (secondary N) is 4. The molecule has 1 saturated heterocycles. The highest BCUT2D eigenvalue weighted by molar-refractivity contribution is 5.81. The summed E-state index contributed by atoms with van der Waals surface area (Å²) in [4.78, 5) is 11.5. The Morgan fingerprint density at radius 2 is 2.20 bits per heavy atom. The van der Waals surface area contributed by atoms with Crippen LogP contribution in [0.15, 0.2) is 0 Å². The van der Waals surface area contributed by atoms with Crippen LogP contribution < -0.4 is 21.7 Å². The van der Waals surface area contributed by atoms with E-state index in [9.17, 15) is 4.79 Å². The molecule has 1 fully saturated rings. The first-order chi connectivity index (χ1) is 7.20. The maximum absolute atomic E-state index is 11.5. The molecule has 1 atom stereocenters. The van der Waals surface area contributed by atoms with Crippen molar-refractivity contribution in [1.82, 2.24) is 16.0 Å². The van der Waals surface area contributed by atoms with Crippen LogP contribution in [0.4, 0.5) is 0 Å². The molecule has 0 saturated carbocycles. The summed E-state index contributed by atoms with van der Waals surface area (Å²) in [5.74, 6) is 0.0501. The zero-order valence-corrected chi connectivity index (χ0v) is 8.81. The van der Waals surface area contributed by atoms with E-state index in [0.717, 1.165) is 25.8 Å². The lowest BCUT2D eigenvalue weighted by Crippen LogP contribution is -2.41. The Kier molecular flexibility index (Phi) is 4.89. The fraction of sp³-hybridized carbons (Fsp3) is 0.778. The monoisotopic (exact) mass is 213 g/mol. The predicted octanol–water partition coefficient (Wildman–Crippen LogP) is -1.27. The first-order valence-electron chi connectivity index (χ1n) is 5.29. The Hall–Kier alpha value is -1.30. The molecule has 1 amide bonds. The molecule has 6 N–H and O–H groups in total. The Bertz CT molecular complexity index is 225. The molecular weight excluding hydrogens is 194 g/mol. The number of hydrogen-bond acceptors (Lipinski definition) is 3. The van der Waals surface area contributed by atoms with E-state index in [-0.39, 0.29) is 17.9 Å². The minimum Gasteiger partial charge on any atom is -0.370 e. The molecule has 0 bridgehead atoms. The summed E-state index contributed by atoms with van der Waals surface area (Å²) in [5.41, 5.74) is 5.11. The van der Waals surface area contributed by atoms with E-state index >= 15 is 0 Å². The van der Waals surface area contributed by atoms with Gasteiger partial charge >= 0.3 is 0 Å². The van der Waals surface area contributed by atoms with Crippen molar-refractivity contribution >= 4 is 11.9 Å². The molecule has 6 nitrogen and oxygen atoms in total. The third-order valence-corrected chi connectivity index (χ3v) is 2.35. The van der Waals surface area contributed by atoms with Gasteiger partial charge in [-0.25, -0.2) is 0 Å². The first kappa shape index (κ1) is 11.8. The summed E-state index contributed by atoms with van der Waals surface area (Å²) in [6.07, 6.45) is 2.78. The van der Waals surface area contributed by atoms with E-state index in [1.165, 1.54) is 0 Å². The molecule has 0 unspecified atom stereocenters. The van der Waals surface area contributed by atoms with Gasteiger partial charge in [0.15, 0.2) is 5.96 Å². The van der Waals surface area contributed by atoms with Gasteiger partial charge in [-0.15, -0.1) is 0 Å². The van der Waals surface area contributed by atoms with Crippen molar-refractivity contribution in [3.05, 3.63) is 0 Å². The third-order valence-electron chi connectivity index (χ3n) is 2.35. The second kappa shape index (κ2) is 6.23.